The Labute approximate surface area is 114 Å². The van der Waals surface area contributed by atoms with E-state index in [0.29, 0.717) is 23.4 Å². The minimum Gasteiger partial charge on any atom is -0.481 e. The van der Waals surface area contributed by atoms with Crippen LogP contribution in [0.2, 0.25) is 10.0 Å². The minimum atomic E-state index is -0.818. The minimum absolute atomic E-state index is 0.103. The Kier molecular flexibility index (Phi) is 3.78. The maximum Gasteiger partial charge on any atom is 0.306 e. The van der Waals surface area contributed by atoms with Crippen LogP contribution >= 0.6 is 23.2 Å². The molecule has 0 aromatic heterocycles. The fourth-order valence-electron chi connectivity index (χ4n) is 1.88. The predicted molar refractivity (Wildman–Crippen MR) is 68.1 cm³/mol. The normalized spacial score (nSPS) is 22.1. The van der Waals surface area contributed by atoms with Gasteiger partial charge in [-0.15, -0.1) is 0 Å². The molecule has 4 nitrogen and oxygen atoms in total. The smallest absolute Gasteiger partial charge is 0.306 e. The van der Waals surface area contributed by atoms with Crippen LogP contribution in [0, 0.1) is 5.92 Å². The van der Waals surface area contributed by atoms with Crippen LogP contribution in [0.3, 0.4) is 0 Å². The maximum atomic E-state index is 11.9. The molecule has 0 spiro atoms. The van der Waals surface area contributed by atoms with Gasteiger partial charge in [0.15, 0.2) is 0 Å². The lowest BCUT2D eigenvalue weighted by molar-refractivity contribution is -0.145. The summed E-state index contributed by atoms with van der Waals surface area (Å²) in [5, 5.41) is 12.0. The average Bonchev–Trinajstić information content (AvgIpc) is 2.25. The Morgan fingerprint density at radius 2 is 1.94 bits per heavy atom. The van der Waals surface area contributed by atoms with Crippen molar-refractivity contribution >= 4 is 35.1 Å². The third-order valence-electron chi connectivity index (χ3n) is 3.02. The monoisotopic (exact) mass is 287 g/mol. The van der Waals surface area contributed by atoms with Crippen molar-refractivity contribution < 1.29 is 14.7 Å². The quantitative estimate of drug-likeness (QED) is 0.898. The molecule has 0 unspecified atom stereocenters. The average molecular weight is 288 g/mol. The number of amides is 1. The molecule has 1 amide bonds. The van der Waals surface area contributed by atoms with Gasteiger partial charge in [0.1, 0.15) is 0 Å². The van der Waals surface area contributed by atoms with Crippen LogP contribution in [0.5, 0.6) is 0 Å². The number of rotatable bonds is 3. The summed E-state index contributed by atoms with van der Waals surface area (Å²) in [5.74, 6) is -1.50. The Hall–Kier alpha value is -1.26. The highest BCUT2D eigenvalue weighted by molar-refractivity contribution is 6.43. The lowest BCUT2D eigenvalue weighted by Crippen LogP contribution is -2.46. The van der Waals surface area contributed by atoms with Crippen LogP contribution in [0.15, 0.2) is 18.2 Å². The Balaban J connectivity index is 1.97. The molecule has 0 saturated heterocycles. The number of nitrogens with one attached hydrogen (secondary N) is 1. The van der Waals surface area contributed by atoms with Crippen molar-refractivity contribution in [2.24, 2.45) is 5.92 Å². The number of benzene rings is 1. The third kappa shape index (κ3) is 2.60. The van der Waals surface area contributed by atoms with Gasteiger partial charge in [-0.25, -0.2) is 0 Å². The van der Waals surface area contributed by atoms with Gasteiger partial charge in [-0.1, -0.05) is 29.3 Å². The number of aliphatic carboxylic acids is 1. The van der Waals surface area contributed by atoms with Crippen molar-refractivity contribution in [2.45, 2.75) is 18.9 Å². The van der Waals surface area contributed by atoms with Gasteiger partial charge in [-0.2, -0.15) is 0 Å². The van der Waals surface area contributed by atoms with Crippen LogP contribution in [-0.2, 0) is 4.79 Å². The summed E-state index contributed by atoms with van der Waals surface area (Å²) < 4.78 is 0. The Morgan fingerprint density at radius 1 is 1.28 bits per heavy atom. The molecular formula is C12H11Cl2NO3. The first kappa shape index (κ1) is 13.2. The summed E-state index contributed by atoms with van der Waals surface area (Å²) in [6.07, 6.45) is 0.915. The molecule has 2 rings (SSSR count). The molecule has 2 N–H and O–H groups in total. The third-order valence-corrected chi connectivity index (χ3v) is 3.84. The molecule has 18 heavy (non-hydrogen) atoms. The second-order valence-corrected chi connectivity index (χ2v) is 5.06. The zero-order valence-corrected chi connectivity index (χ0v) is 10.8. The highest BCUT2D eigenvalue weighted by Gasteiger charge is 2.35. The van der Waals surface area contributed by atoms with E-state index in [2.05, 4.69) is 5.32 Å². The summed E-state index contributed by atoms with van der Waals surface area (Å²) in [6.45, 7) is 0. The van der Waals surface area contributed by atoms with Gasteiger partial charge < -0.3 is 10.4 Å². The number of hydrogen-bond acceptors (Lipinski definition) is 2. The van der Waals surface area contributed by atoms with E-state index in [1.165, 1.54) is 0 Å². The first-order valence-electron chi connectivity index (χ1n) is 5.46. The second-order valence-electron chi connectivity index (χ2n) is 4.28. The summed E-state index contributed by atoms with van der Waals surface area (Å²) >= 11 is 11.7. The van der Waals surface area contributed by atoms with E-state index in [1.807, 2.05) is 0 Å². The predicted octanol–water partition coefficient (Wildman–Crippen LogP) is 2.59. The molecule has 0 radical (unpaired) electrons. The first-order valence-corrected chi connectivity index (χ1v) is 6.22. The van der Waals surface area contributed by atoms with E-state index in [1.54, 1.807) is 18.2 Å². The second kappa shape index (κ2) is 5.16. The number of carbonyl (C=O) groups is 2. The molecule has 1 aromatic carbocycles. The van der Waals surface area contributed by atoms with Crippen molar-refractivity contribution in [2.75, 3.05) is 0 Å². The summed E-state index contributed by atoms with van der Waals surface area (Å²) in [7, 11) is 0. The van der Waals surface area contributed by atoms with E-state index < -0.39 is 5.97 Å². The van der Waals surface area contributed by atoms with Gasteiger partial charge >= 0.3 is 5.97 Å². The van der Waals surface area contributed by atoms with Crippen LogP contribution in [-0.4, -0.2) is 23.0 Å². The SMILES string of the molecule is O=C(NC1CC(C(=O)O)C1)c1cccc(Cl)c1Cl. The Bertz CT molecular complexity index is 498. The zero-order valence-electron chi connectivity index (χ0n) is 9.32. The molecule has 0 heterocycles. The lowest BCUT2D eigenvalue weighted by Gasteiger charge is -2.32. The molecule has 1 aromatic rings. The van der Waals surface area contributed by atoms with E-state index in [-0.39, 0.29) is 22.9 Å². The van der Waals surface area contributed by atoms with Crippen molar-refractivity contribution in [3.05, 3.63) is 33.8 Å². The van der Waals surface area contributed by atoms with Gasteiger partial charge in [0.2, 0.25) is 0 Å². The van der Waals surface area contributed by atoms with Gasteiger partial charge in [0, 0.05) is 6.04 Å². The molecule has 1 aliphatic carbocycles. The molecule has 0 aliphatic heterocycles. The summed E-state index contributed by atoms with van der Waals surface area (Å²) in [5.41, 5.74) is 0.308. The summed E-state index contributed by atoms with van der Waals surface area (Å²) in [4.78, 5) is 22.5. The maximum absolute atomic E-state index is 11.9. The van der Waals surface area contributed by atoms with Crippen molar-refractivity contribution in [1.82, 2.24) is 5.32 Å². The van der Waals surface area contributed by atoms with Crippen molar-refractivity contribution in [3.8, 4) is 0 Å². The van der Waals surface area contributed by atoms with E-state index in [9.17, 15) is 9.59 Å². The fraction of sp³-hybridized carbons (Fsp3) is 0.333. The van der Waals surface area contributed by atoms with Crippen LogP contribution in [0.1, 0.15) is 23.2 Å². The fourth-order valence-corrected chi connectivity index (χ4v) is 2.27. The molecule has 96 valence electrons. The zero-order chi connectivity index (χ0) is 13.3. The van der Waals surface area contributed by atoms with Gasteiger partial charge in [-0.05, 0) is 25.0 Å². The topological polar surface area (TPSA) is 66.4 Å². The molecule has 1 fully saturated rings. The molecule has 1 saturated carbocycles. The number of hydrogen-bond donors (Lipinski definition) is 2. The van der Waals surface area contributed by atoms with Crippen LogP contribution in [0.25, 0.3) is 0 Å². The van der Waals surface area contributed by atoms with E-state index in [4.69, 9.17) is 28.3 Å². The van der Waals surface area contributed by atoms with E-state index >= 15 is 0 Å². The van der Waals surface area contributed by atoms with Gasteiger partial charge in [0.25, 0.3) is 5.91 Å². The number of carboxylic acid groups (broad SMARTS) is 1. The lowest BCUT2D eigenvalue weighted by atomic mass is 9.80. The summed E-state index contributed by atoms with van der Waals surface area (Å²) in [6, 6.07) is 4.72. The van der Waals surface area contributed by atoms with E-state index in [0.717, 1.165) is 0 Å². The molecular weight excluding hydrogens is 277 g/mol. The largest absolute Gasteiger partial charge is 0.481 e. The van der Waals surface area contributed by atoms with Crippen molar-refractivity contribution in [3.63, 3.8) is 0 Å². The molecule has 0 bridgehead atoms. The number of halogens is 2. The van der Waals surface area contributed by atoms with Crippen LogP contribution < -0.4 is 5.32 Å². The van der Waals surface area contributed by atoms with Crippen molar-refractivity contribution in [1.29, 1.82) is 0 Å². The Morgan fingerprint density at radius 3 is 2.56 bits per heavy atom. The van der Waals surface area contributed by atoms with Crippen LogP contribution in [0.4, 0.5) is 0 Å². The highest BCUT2D eigenvalue weighted by Crippen LogP contribution is 2.29. The van der Waals surface area contributed by atoms with Gasteiger partial charge in [-0.3, -0.25) is 9.59 Å². The highest BCUT2D eigenvalue weighted by atomic mass is 35.5. The molecule has 6 heteroatoms. The molecule has 1 aliphatic rings. The molecule has 0 atom stereocenters. The first-order chi connectivity index (χ1) is 8.49. The number of carbonyl (C=O) groups excluding carboxylic acids is 1. The standard InChI is InChI=1S/C12H11Cl2NO3/c13-9-3-1-2-8(10(9)14)11(16)15-7-4-6(5-7)12(17)18/h1-3,6-7H,4-5H2,(H,15,16)(H,17,18). The number of carboxylic acids is 1. The van der Waals surface area contributed by atoms with Gasteiger partial charge in [0.05, 0.1) is 21.5 Å².